The van der Waals surface area contributed by atoms with E-state index in [1.165, 1.54) is 0 Å². The van der Waals surface area contributed by atoms with Crippen LogP contribution in [0.4, 0.5) is 0 Å². The maximum atomic E-state index is 12.5. The Bertz CT molecular complexity index is 915. The first-order valence-electron chi connectivity index (χ1n) is 8.76. The summed E-state index contributed by atoms with van der Waals surface area (Å²) in [5, 5.41) is 4.06. The molecular formula is C21H24N2O3. The minimum absolute atomic E-state index is 0.0674. The summed E-state index contributed by atoms with van der Waals surface area (Å²) < 4.78 is 12.8. The first-order chi connectivity index (χ1) is 12.6. The van der Waals surface area contributed by atoms with Crippen LogP contribution in [0.3, 0.4) is 0 Å². The molecule has 2 aromatic carbocycles. The zero-order valence-electron chi connectivity index (χ0n) is 15.4. The predicted octanol–water partition coefficient (Wildman–Crippen LogP) is 3.56. The molecule has 1 heterocycles. The number of hydrogen-bond donors (Lipinski definition) is 1. The van der Waals surface area contributed by atoms with E-state index in [9.17, 15) is 4.79 Å². The van der Waals surface area contributed by atoms with Crippen LogP contribution in [0.25, 0.3) is 10.9 Å². The molecule has 1 N–H and O–H groups in total. The smallest absolute Gasteiger partial charge is 0.267 e. The molecule has 1 amide bonds. The van der Waals surface area contributed by atoms with E-state index in [0.29, 0.717) is 18.8 Å². The Labute approximate surface area is 153 Å². The van der Waals surface area contributed by atoms with Gasteiger partial charge in [0.05, 0.1) is 13.7 Å². The van der Waals surface area contributed by atoms with Crippen LogP contribution < -0.4 is 14.8 Å². The quantitative estimate of drug-likeness (QED) is 0.707. The highest BCUT2D eigenvalue weighted by Crippen LogP contribution is 2.28. The minimum atomic E-state index is -0.0674. The van der Waals surface area contributed by atoms with Crippen molar-refractivity contribution < 1.29 is 14.3 Å². The van der Waals surface area contributed by atoms with Gasteiger partial charge in [-0.2, -0.15) is 0 Å². The Morgan fingerprint density at radius 2 is 1.92 bits per heavy atom. The maximum Gasteiger partial charge on any atom is 0.267 e. The summed E-state index contributed by atoms with van der Waals surface area (Å²) in [7, 11) is 3.54. The van der Waals surface area contributed by atoms with Crippen LogP contribution in [-0.4, -0.2) is 30.7 Å². The largest absolute Gasteiger partial charge is 0.493 e. The topological polar surface area (TPSA) is 52.5 Å². The molecule has 0 spiro atoms. The number of amides is 1. The lowest BCUT2D eigenvalue weighted by molar-refractivity contribution is 0.0946. The van der Waals surface area contributed by atoms with E-state index < -0.39 is 0 Å². The van der Waals surface area contributed by atoms with Gasteiger partial charge in [0.25, 0.3) is 5.91 Å². The fraction of sp³-hybridized carbons (Fsp3) is 0.286. The van der Waals surface area contributed by atoms with Crippen molar-refractivity contribution in [1.82, 2.24) is 9.88 Å². The zero-order valence-corrected chi connectivity index (χ0v) is 15.4. The Morgan fingerprint density at radius 3 is 2.65 bits per heavy atom. The molecule has 0 aliphatic carbocycles. The first-order valence-corrected chi connectivity index (χ1v) is 8.76. The SMILES string of the molecule is CCOc1cc(CCNC(=O)c2cc3ccccc3n2C)ccc1OC. The molecule has 136 valence electrons. The van der Waals surface area contributed by atoms with Crippen molar-refractivity contribution >= 4 is 16.8 Å². The predicted molar refractivity (Wildman–Crippen MR) is 103 cm³/mol. The van der Waals surface area contributed by atoms with Crippen LogP contribution in [0.15, 0.2) is 48.5 Å². The molecule has 5 nitrogen and oxygen atoms in total. The third kappa shape index (κ3) is 3.67. The van der Waals surface area contributed by atoms with Gasteiger partial charge in [-0.15, -0.1) is 0 Å². The maximum absolute atomic E-state index is 12.5. The molecule has 3 rings (SSSR count). The number of para-hydroxylation sites is 1. The monoisotopic (exact) mass is 352 g/mol. The summed E-state index contributed by atoms with van der Waals surface area (Å²) in [6, 6.07) is 15.7. The van der Waals surface area contributed by atoms with E-state index in [4.69, 9.17) is 9.47 Å². The van der Waals surface area contributed by atoms with E-state index in [0.717, 1.165) is 34.4 Å². The fourth-order valence-corrected chi connectivity index (χ4v) is 3.06. The standard InChI is InChI=1S/C21H24N2O3/c1-4-26-20-13-15(9-10-19(20)25-3)11-12-22-21(24)18-14-16-7-5-6-8-17(16)23(18)2/h5-10,13-14H,4,11-12H2,1-3H3,(H,22,24). The number of aromatic nitrogens is 1. The molecule has 5 heteroatoms. The third-order valence-electron chi connectivity index (χ3n) is 4.41. The highest BCUT2D eigenvalue weighted by molar-refractivity contribution is 5.98. The normalized spacial score (nSPS) is 10.7. The lowest BCUT2D eigenvalue weighted by atomic mass is 10.1. The summed E-state index contributed by atoms with van der Waals surface area (Å²) in [6.07, 6.45) is 0.722. The van der Waals surface area contributed by atoms with Gasteiger partial charge < -0.3 is 19.4 Å². The minimum Gasteiger partial charge on any atom is -0.493 e. The van der Waals surface area contributed by atoms with Crippen molar-refractivity contribution in [2.24, 2.45) is 7.05 Å². The summed E-state index contributed by atoms with van der Waals surface area (Å²) in [5.41, 5.74) is 2.80. The van der Waals surface area contributed by atoms with Crippen LogP contribution in [-0.2, 0) is 13.5 Å². The molecular weight excluding hydrogens is 328 g/mol. The van der Waals surface area contributed by atoms with Crippen molar-refractivity contribution in [2.75, 3.05) is 20.3 Å². The second kappa shape index (κ2) is 7.95. The van der Waals surface area contributed by atoms with Gasteiger partial charge in [0.2, 0.25) is 0 Å². The molecule has 3 aromatic rings. The second-order valence-electron chi connectivity index (χ2n) is 6.07. The van der Waals surface area contributed by atoms with Gasteiger partial charge in [-0.05, 0) is 43.2 Å². The van der Waals surface area contributed by atoms with Crippen LogP contribution in [0, 0.1) is 0 Å². The number of aryl methyl sites for hydroxylation is 1. The number of hydrogen-bond acceptors (Lipinski definition) is 3. The average Bonchev–Trinajstić information content (AvgIpc) is 2.99. The summed E-state index contributed by atoms with van der Waals surface area (Å²) >= 11 is 0. The van der Waals surface area contributed by atoms with E-state index in [1.807, 2.05) is 67.1 Å². The molecule has 0 aliphatic rings. The molecule has 26 heavy (non-hydrogen) atoms. The lowest BCUT2D eigenvalue weighted by Crippen LogP contribution is -2.27. The van der Waals surface area contributed by atoms with E-state index in [-0.39, 0.29) is 5.91 Å². The highest BCUT2D eigenvalue weighted by Gasteiger charge is 2.13. The number of benzene rings is 2. The van der Waals surface area contributed by atoms with Crippen LogP contribution in [0.1, 0.15) is 23.0 Å². The molecule has 0 fully saturated rings. The average molecular weight is 352 g/mol. The van der Waals surface area contributed by atoms with Crippen LogP contribution >= 0.6 is 0 Å². The van der Waals surface area contributed by atoms with Gasteiger partial charge >= 0.3 is 0 Å². The van der Waals surface area contributed by atoms with E-state index in [1.54, 1.807) is 7.11 Å². The highest BCUT2D eigenvalue weighted by atomic mass is 16.5. The molecule has 0 radical (unpaired) electrons. The van der Waals surface area contributed by atoms with Crippen LogP contribution in [0.5, 0.6) is 11.5 Å². The number of ether oxygens (including phenoxy) is 2. The number of carbonyl (C=O) groups is 1. The Balaban J connectivity index is 1.64. The Morgan fingerprint density at radius 1 is 1.12 bits per heavy atom. The number of rotatable bonds is 7. The Kier molecular flexibility index (Phi) is 5.46. The number of nitrogens with zero attached hydrogens (tertiary/aromatic N) is 1. The van der Waals surface area contributed by atoms with E-state index in [2.05, 4.69) is 5.32 Å². The summed E-state index contributed by atoms with van der Waals surface area (Å²) in [5.74, 6) is 1.38. The molecule has 0 saturated heterocycles. The van der Waals surface area contributed by atoms with Crippen molar-refractivity contribution in [3.05, 3.63) is 59.8 Å². The molecule has 1 aromatic heterocycles. The van der Waals surface area contributed by atoms with Crippen LogP contribution in [0.2, 0.25) is 0 Å². The number of methoxy groups -OCH3 is 1. The van der Waals surface area contributed by atoms with Gasteiger partial charge in [0.1, 0.15) is 5.69 Å². The second-order valence-corrected chi connectivity index (χ2v) is 6.07. The molecule has 0 saturated carbocycles. The van der Waals surface area contributed by atoms with Gasteiger partial charge in [-0.3, -0.25) is 4.79 Å². The van der Waals surface area contributed by atoms with Crippen molar-refractivity contribution in [1.29, 1.82) is 0 Å². The first kappa shape index (κ1) is 17.9. The van der Waals surface area contributed by atoms with Crippen molar-refractivity contribution in [2.45, 2.75) is 13.3 Å². The number of nitrogens with one attached hydrogen (secondary N) is 1. The van der Waals surface area contributed by atoms with E-state index >= 15 is 0 Å². The number of carbonyl (C=O) groups excluding carboxylic acids is 1. The Hall–Kier alpha value is -2.95. The third-order valence-corrected chi connectivity index (χ3v) is 4.41. The fourth-order valence-electron chi connectivity index (χ4n) is 3.06. The molecule has 0 bridgehead atoms. The zero-order chi connectivity index (χ0) is 18.5. The summed E-state index contributed by atoms with van der Waals surface area (Å²) in [4.78, 5) is 12.5. The lowest BCUT2D eigenvalue weighted by Gasteiger charge is -2.11. The molecule has 0 unspecified atom stereocenters. The molecule has 0 atom stereocenters. The molecule has 0 aliphatic heterocycles. The van der Waals surface area contributed by atoms with Gasteiger partial charge in [-0.25, -0.2) is 0 Å². The van der Waals surface area contributed by atoms with Gasteiger partial charge in [0.15, 0.2) is 11.5 Å². The number of fused-ring (bicyclic) bond motifs is 1. The van der Waals surface area contributed by atoms with Crippen molar-refractivity contribution in [3.63, 3.8) is 0 Å². The van der Waals surface area contributed by atoms with Gasteiger partial charge in [0, 0.05) is 24.5 Å². The summed E-state index contributed by atoms with van der Waals surface area (Å²) in [6.45, 7) is 3.08. The van der Waals surface area contributed by atoms with Gasteiger partial charge in [-0.1, -0.05) is 24.3 Å². The van der Waals surface area contributed by atoms with Crippen molar-refractivity contribution in [3.8, 4) is 11.5 Å².